The molecule has 0 radical (unpaired) electrons. The van der Waals surface area contributed by atoms with Gasteiger partial charge in [-0.25, -0.2) is 4.79 Å². The van der Waals surface area contributed by atoms with Crippen molar-refractivity contribution in [3.63, 3.8) is 0 Å². The smallest absolute Gasteiger partial charge is 0.323 e. The van der Waals surface area contributed by atoms with Crippen molar-refractivity contribution < 1.29 is 44.7 Å². The Morgan fingerprint density at radius 3 is 2.17 bits per heavy atom. The lowest BCUT2D eigenvalue weighted by molar-refractivity contribution is -0.169. The molecular formula is C32H37ClN4O9. The second-order valence-electron chi connectivity index (χ2n) is 11.4. The number of likely N-dealkylation sites (N-methyl/N-ethyl adjacent to an activating group) is 1. The highest BCUT2D eigenvalue weighted by atomic mass is 35.5. The van der Waals surface area contributed by atoms with Crippen LogP contribution in [0.3, 0.4) is 0 Å². The number of phenols is 1. The Morgan fingerprint density at radius 1 is 1.02 bits per heavy atom. The van der Waals surface area contributed by atoms with E-state index in [0.29, 0.717) is 17.1 Å². The maximum atomic E-state index is 14.1. The number of benzene rings is 2. The van der Waals surface area contributed by atoms with Gasteiger partial charge in [-0.05, 0) is 49.3 Å². The number of aliphatic hydroxyl groups is 4. The van der Waals surface area contributed by atoms with Gasteiger partial charge in [0.25, 0.3) is 5.91 Å². The molecule has 6 atom stereocenters. The maximum Gasteiger partial charge on any atom is 0.323 e. The Morgan fingerprint density at radius 2 is 1.63 bits per heavy atom. The number of urea groups is 1. The molecule has 246 valence electrons. The highest BCUT2D eigenvalue weighted by molar-refractivity contribution is 6.24. The van der Waals surface area contributed by atoms with E-state index in [1.165, 1.54) is 31.1 Å². The van der Waals surface area contributed by atoms with E-state index in [1.54, 1.807) is 31.2 Å². The topological polar surface area (TPSA) is 223 Å². The van der Waals surface area contributed by atoms with Crippen LogP contribution in [-0.4, -0.2) is 85.8 Å². The summed E-state index contributed by atoms with van der Waals surface area (Å²) < 4.78 is 0. The van der Waals surface area contributed by atoms with Crippen molar-refractivity contribution in [3.05, 3.63) is 70.0 Å². The first-order chi connectivity index (χ1) is 21.7. The van der Waals surface area contributed by atoms with E-state index in [9.17, 15) is 44.7 Å². The van der Waals surface area contributed by atoms with Gasteiger partial charge in [0.15, 0.2) is 11.4 Å². The largest absolute Gasteiger partial charge is 0.508 e. The van der Waals surface area contributed by atoms with E-state index >= 15 is 0 Å². The normalized spacial score (nSPS) is 26.8. The summed E-state index contributed by atoms with van der Waals surface area (Å²) >= 11 is 5.79. The molecule has 0 spiro atoms. The minimum atomic E-state index is -3.02. The monoisotopic (exact) mass is 656 g/mol. The van der Waals surface area contributed by atoms with Crippen molar-refractivity contribution in [2.24, 2.45) is 17.6 Å². The van der Waals surface area contributed by atoms with Gasteiger partial charge in [-0.1, -0.05) is 39.0 Å². The van der Waals surface area contributed by atoms with E-state index in [1.807, 2.05) is 13.8 Å². The lowest BCUT2D eigenvalue weighted by Gasteiger charge is -2.53. The number of halogens is 1. The zero-order chi connectivity index (χ0) is 34.4. The van der Waals surface area contributed by atoms with Crippen molar-refractivity contribution in [1.82, 2.24) is 4.90 Å². The number of anilines is 2. The molecule has 13 nitrogen and oxygen atoms in total. The number of nitrogens with two attached hydrogens (primary N) is 1. The number of nitrogens with zero attached hydrogens (tertiary/aromatic N) is 1. The second-order valence-corrected chi connectivity index (χ2v) is 11.7. The van der Waals surface area contributed by atoms with Crippen LogP contribution in [0.25, 0.3) is 5.76 Å². The van der Waals surface area contributed by atoms with Crippen LogP contribution in [0.4, 0.5) is 16.2 Å². The average Bonchev–Trinajstić information content (AvgIpc) is 3.01. The number of aromatic hydroxyl groups is 1. The summed E-state index contributed by atoms with van der Waals surface area (Å²) in [5.41, 5.74) is 1.98. The molecule has 1 saturated carbocycles. The molecule has 46 heavy (non-hydrogen) atoms. The third-order valence-corrected chi connectivity index (χ3v) is 9.05. The highest BCUT2D eigenvalue weighted by Gasteiger charge is 2.68. The summed E-state index contributed by atoms with van der Waals surface area (Å²) in [5, 5.41) is 62.2. The Bertz CT molecular complexity index is 1670. The van der Waals surface area contributed by atoms with Crippen LogP contribution in [0.15, 0.2) is 53.3 Å². The molecule has 2 aromatic rings. The molecule has 3 aliphatic carbocycles. The van der Waals surface area contributed by atoms with Gasteiger partial charge >= 0.3 is 6.03 Å². The van der Waals surface area contributed by atoms with Crippen LogP contribution in [0.1, 0.15) is 43.4 Å². The Hall–Kier alpha value is -4.43. The van der Waals surface area contributed by atoms with Crippen LogP contribution >= 0.6 is 11.6 Å². The fraction of sp³-hybridized carbons (Fsp3) is 0.375. The molecule has 0 unspecified atom stereocenters. The number of rotatable bonds is 5. The molecule has 5 rings (SSSR count). The van der Waals surface area contributed by atoms with E-state index in [2.05, 4.69) is 10.6 Å². The number of ketones is 2. The van der Waals surface area contributed by atoms with Crippen LogP contribution in [-0.2, 0) is 20.3 Å². The summed E-state index contributed by atoms with van der Waals surface area (Å²) in [6.45, 7) is 5.61. The molecule has 0 saturated heterocycles. The van der Waals surface area contributed by atoms with Crippen molar-refractivity contribution in [1.29, 1.82) is 0 Å². The SMILES string of the molecule is CC.C[C@H]1c2ccc(NC(=O)Nc3ccc(CCl)cc3)c(O)c2C(O)=C2C(=O)[C@]3(O)C(O)=C(C(N)=O)C(=O)[C@@H](N(C)C)[C@@H]3[C@@H](O)[C@@H]21. The third-order valence-electron chi connectivity index (χ3n) is 8.74. The molecule has 2 aromatic carbocycles. The maximum absolute atomic E-state index is 14.1. The molecule has 3 amide bonds. The highest BCUT2D eigenvalue weighted by Crippen LogP contribution is 2.56. The lowest BCUT2D eigenvalue weighted by atomic mass is 9.54. The lowest BCUT2D eigenvalue weighted by Crippen LogP contribution is -2.70. The number of fused-ring (bicyclic) bond motifs is 3. The summed E-state index contributed by atoms with van der Waals surface area (Å²) in [7, 11) is 2.86. The number of carbonyl (C=O) groups is 4. The van der Waals surface area contributed by atoms with E-state index in [-0.39, 0.29) is 11.3 Å². The van der Waals surface area contributed by atoms with Crippen molar-refractivity contribution in [2.45, 2.75) is 50.3 Å². The molecule has 0 bridgehead atoms. The minimum Gasteiger partial charge on any atom is -0.508 e. The number of primary amides is 1. The van der Waals surface area contributed by atoms with Crippen LogP contribution in [0.2, 0.25) is 0 Å². The number of Topliss-reactive ketones (excluding diaryl/α,β-unsaturated/α-hetero) is 2. The number of amides is 3. The number of hydrogen-bond acceptors (Lipinski definition) is 10. The molecule has 3 aliphatic rings. The summed E-state index contributed by atoms with van der Waals surface area (Å²) in [6.07, 6.45) is -1.71. The van der Waals surface area contributed by atoms with Gasteiger partial charge in [0.05, 0.1) is 29.3 Å². The predicted octanol–water partition coefficient (Wildman–Crippen LogP) is 2.90. The summed E-state index contributed by atoms with van der Waals surface area (Å²) in [6, 6.07) is 7.40. The van der Waals surface area contributed by atoms with E-state index < -0.39 is 87.4 Å². The van der Waals surface area contributed by atoms with Gasteiger partial charge in [-0.2, -0.15) is 0 Å². The molecule has 0 aromatic heterocycles. The second kappa shape index (κ2) is 12.8. The zero-order valence-corrected chi connectivity index (χ0v) is 26.6. The first-order valence-electron chi connectivity index (χ1n) is 14.6. The predicted molar refractivity (Wildman–Crippen MR) is 170 cm³/mol. The average molecular weight is 657 g/mol. The fourth-order valence-corrected chi connectivity index (χ4v) is 6.86. The van der Waals surface area contributed by atoms with Crippen molar-refractivity contribution in [2.75, 3.05) is 24.7 Å². The number of hydrogen-bond donors (Lipinski definition) is 8. The van der Waals surface area contributed by atoms with Crippen molar-refractivity contribution in [3.8, 4) is 5.75 Å². The number of nitrogens with one attached hydrogen (secondary N) is 2. The third kappa shape index (κ3) is 5.18. The van der Waals surface area contributed by atoms with Crippen LogP contribution in [0.5, 0.6) is 5.75 Å². The van der Waals surface area contributed by atoms with E-state index in [0.717, 1.165) is 5.56 Å². The van der Waals surface area contributed by atoms with E-state index in [4.69, 9.17) is 17.3 Å². The molecule has 0 aliphatic heterocycles. The zero-order valence-electron chi connectivity index (χ0n) is 25.8. The quantitative estimate of drug-likeness (QED) is 0.133. The van der Waals surface area contributed by atoms with Crippen LogP contribution in [0, 0.1) is 11.8 Å². The van der Waals surface area contributed by atoms with Gasteiger partial charge in [-0.3, -0.25) is 19.3 Å². The van der Waals surface area contributed by atoms with Gasteiger partial charge in [-0.15, -0.1) is 11.6 Å². The number of carbonyl (C=O) groups excluding carboxylic acids is 4. The van der Waals surface area contributed by atoms with Gasteiger partial charge in [0.1, 0.15) is 22.8 Å². The molecule has 0 heterocycles. The van der Waals surface area contributed by atoms with Crippen LogP contribution < -0.4 is 16.4 Å². The molecule has 14 heteroatoms. The number of alkyl halides is 1. The number of phenolic OH excluding ortho intramolecular Hbond substituents is 1. The first kappa shape index (κ1) is 34.4. The first-order valence-corrected chi connectivity index (χ1v) is 15.1. The molecule has 1 fully saturated rings. The molecule has 9 N–H and O–H groups in total. The van der Waals surface area contributed by atoms with Gasteiger partial charge in [0.2, 0.25) is 5.78 Å². The minimum absolute atomic E-state index is 0.133. The Labute approximate surface area is 270 Å². The fourth-order valence-electron chi connectivity index (χ4n) is 6.68. The van der Waals surface area contributed by atoms with Crippen molar-refractivity contribution >= 4 is 52.2 Å². The molecular weight excluding hydrogens is 620 g/mol. The van der Waals surface area contributed by atoms with Gasteiger partial charge < -0.3 is 41.9 Å². The summed E-state index contributed by atoms with van der Waals surface area (Å²) in [5.74, 6) is -9.74. The Balaban J connectivity index is 0.00000235. The van der Waals surface area contributed by atoms with Gasteiger partial charge in [0, 0.05) is 23.1 Å². The summed E-state index contributed by atoms with van der Waals surface area (Å²) in [4.78, 5) is 53.5. The Kier molecular flexibility index (Phi) is 9.55. The number of aliphatic hydroxyl groups excluding tert-OH is 3. The standard InChI is InChI=1S/C30H31ClN4O9.C2H6/c1-11-14-8-9-15(34-29(43)33-13-6-4-12(10-31)5-7-13)22(36)17(14)23(37)18-16(11)24(38)20-21(35(2)3)25(39)19(28(32)42)27(41)30(20,44)26(18)40;1-2/h4-9,11,16,20-21,24,36-38,41,44H,10H2,1-3H3,(H2,32,42)(H2,33,34,43);1-2H3/t11-,16+,20+,21-,24-,30-;/m0./s1.